The van der Waals surface area contributed by atoms with E-state index in [1.54, 1.807) is 14.2 Å². The molecule has 2 aliphatic rings. The average molecular weight is 787 g/mol. The van der Waals surface area contributed by atoms with Gasteiger partial charge in [-0.3, -0.25) is 4.79 Å². The van der Waals surface area contributed by atoms with Crippen LogP contribution < -0.4 is 5.32 Å². The third-order valence-corrected chi connectivity index (χ3v) is 12.6. The number of ether oxygens (including phenoxy) is 2. The molecule has 1 atom stereocenters. The second-order valence-electron chi connectivity index (χ2n) is 15.4. The van der Waals surface area contributed by atoms with Crippen molar-refractivity contribution in [1.29, 1.82) is 0 Å². The van der Waals surface area contributed by atoms with Crippen molar-refractivity contribution >= 4 is 21.9 Å². The Morgan fingerprint density at radius 2 is 1.15 bits per heavy atom. The number of unbranched alkanes of at least 4 members (excludes halogenated alkanes) is 1. The molecule has 6 heteroatoms. The Balaban J connectivity index is 1.27. The van der Waals surface area contributed by atoms with Gasteiger partial charge in [-0.15, -0.1) is 0 Å². The topological polar surface area (TPSA) is 67.8 Å². The molecule has 54 heavy (non-hydrogen) atoms. The molecule has 1 unspecified atom stereocenters. The van der Waals surface area contributed by atoms with Crippen molar-refractivity contribution in [2.75, 3.05) is 41.0 Å². The summed E-state index contributed by atoms with van der Waals surface area (Å²) < 4.78 is 12.5. The molecule has 7 rings (SSSR count). The van der Waals surface area contributed by atoms with E-state index in [-0.39, 0.29) is 17.3 Å². The molecule has 0 aliphatic heterocycles. The zero-order chi connectivity index (χ0) is 37.9. The molecule has 0 saturated carbocycles. The van der Waals surface area contributed by atoms with Gasteiger partial charge in [0.15, 0.2) is 0 Å². The van der Waals surface area contributed by atoms with E-state index in [0.717, 1.165) is 49.5 Å². The van der Waals surface area contributed by atoms with Crippen molar-refractivity contribution in [3.8, 4) is 44.5 Å². The van der Waals surface area contributed by atoms with Gasteiger partial charge in [-0.2, -0.15) is 0 Å². The van der Waals surface area contributed by atoms with Gasteiger partial charge < -0.3 is 19.9 Å². The van der Waals surface area contributed by atoms with E-state index in [9.17, 15) is 4.79 Å². The minimum absolute atomic E-state index is 0.138. The largest absolute Gasteiger partial charge is 0.481 e. The highest BCUT2D eigenvalue weighted by Gasteiger charge is 2.43. The van der Waals surface area contributed by atoms with Gasteiger partial charge in [0.05, 0.1) is 0 Å². The molecule has 2 N–H and O–H groups in total. The molecule has 0 radical (unpaired) electrons. The molecule has 0 fully saturated rings. The lowest BCUT2D eigenvalue weighted by atomic mass is 9.72. The van der Waals surface area contributed by atoms with E-state index in [1.165, 1.54) is 72.3 Å². The Bertz CT molecular complexity index is 2130. The predicted octanol–water partition coefficient (Wildman–Crippen LogP) is 11.2. The fourth-order valence-electron chi connectivity index (χ4n) is 9.20. The maximum atomic E-state index is 11.0. The van der Waals surface area contributed by atoms with E-state index in [0.29, 0.717) is 19.6 Å². The molecule has 0 bridgehead atoms. The lowest BCUT2D eigenvalue weighted by molar-refractivity contribution is -0.137. The molecule has 0 spiro atoms. The number of benzene rings is 5. The summed E-state index contributed by atoms with van der Waals surface area (Å²) in [4.78, 5) is 11.0. The van der Waals surface area contributed by atoms with Crippen LogP contribution in [0.5, 0.6) is 0 Å². The Kier molecular flexibility index (Phi) is 11.6. The maximum absolute atomic E-state index is 11.0. The standard InChI is InChI=1S/C48H52BrNO4/c1-47(22-5-6-25-50-2)42-28-34(33-12-10-32(11-13-33)8-7-9-46(51)52)14-18-38(42)39-19-15-35(29-43(39)47)36-16-20-40-41-21-17-37(49)31-45(41)48(23-26-53-3,24-27-54-4)44(40)30-36/h10-21,28-31,50H,5-9,22-27H2,1-4H3,(H,51,52). The van der Waals surface area contributed by atoms with E-state index in [4.69, 9.17) is 14.6 Å². The Hall–Kier alpha value is -4.07. The first-order chi connectivity index (χ1) is 26.2. The third-order valence-electron chi connectivity index (χ3n) is 12.1. The molecule has 2 aliphatic carbocycles. The van der Waals surface area contributed by atoms with Crippen molar-refractivity contribution in [1.82, 2.24) is 5.32 Å². The predicted molar refractivity (Wildman–Crippen MR) is 224 cm³/mol. The van der Waals surface area contributed by atoms with Crippen LogP contribution in [0.4, 0.5) is 0 Å². The number of fused-ring (bicyclic) bond motifs is 6. The van der Waals surface area contributed by atoms with Crippen molar-refractivity contribution in [2.45, 2.75) is 69.1 Å². The van der Waals surface area contributed by atoms with Crippen LogP contribution in [0.25, 0.3) is 44.5 Å². The zero-order valence-corrected chi connectivity index (χ0v) is 33.7. The van der Waals surface area contributed by atoms with Gasteiger partial charge in [-0.05, 0) is 155 Å². The fourth-order valence-corrected chi connectivity index (χ4v) is 9.56. The molecule has 0 aromatic heterocycles. The highest BCUT2D eigenvalue weighted by atomic mass is 79.9. The van der Waals surface area contributed by atoms with Crippen molar-refractivity contribution in [3.63, 3.8) is 0 Å². The summed E-state index contributed by atoms with van der Waals surface area (Å²) in [6.45, 7) is 4.80. The van der Waals surface area contributed by atoms with E-state index in [2.05, 4.69) is 125 Å². The number of aliphatic carboxylic acids is 1. The van der Waals surface area contributed by atoms with Crippen molar-refractivity contribution < 1.29 is 19.4 Å². The number of carboxylic acids is 1. The van der Waals surface area contributed by atoms with Crippen LogP contribution in [-0.2, 0) is 31.5 Å². The first-order valence-electron chi connectivity index (χ1n) is 19.4. The van der Waals surface area contributed by atoms with E-state index in [1.807, 2.05) is 7.05 Å². The van der Waals surface area contributed by atoms with Crippen LogP contribution in [-0.4, -0.2) is 52.1 Å². The molecule has 0 amide bonds. The molecule has 5 nitrogen and oxygen atoms in total. The Labute approximate surface area is 329 Å². The molecule has 5 aromatic carbocycles. The van der Waals surface area contributed by atoms with Gasteiger partial charge in [0.1, 0.15) is 0 Å². The zero-order valence-electron chi connectivity index (χ0n) is 32.1. The lowest BCUT2D eigenvalue weighted by Gasteiger charge is -2.32. The van der Waals surface area contributed by atoms with Crippen LogP contribution in [0.2, 0.25) is 0 Å². The third kappa shape index (κ3) is 7.22. The number of hydrogen-bond acceptors (Lipinski definition) is 4. The van der Waals surface area contributed by atoms with Crippen molar-refractivity contribution in [3.05, 3.63) is 129 Å². The van der Waals surface area contributed by atoms with Gasteiger partial charge in [-0.25, -0.2) is 0 Å². The SMILES string of the molecule is CNCCCCC1(C)c2cc(-c3ccc(CCCC(=O)O)cc3)ccc2-c2ccc(-c3ccc4c(c3)C(CCOC)(CCOC)c3cc(Br)ccc3-4)cc21. The lowest BCUT2D eigenvalue weighted by Crippen LogP contribution is -2.29. The normalized spacial score (nSPS) is 16.2. The fraction of sp³-hybridized carbons (Fsp3) is 0.354. The van der Waals surface area contributed by atoms with Gasteiger partial charge >= 0.3 is 5.97 Å². The first-order valence-corrected chi connectivity index (χ1v) is 20.2. The minimum Gasteiger partial charge on any atom is -0.481 e. The summed E-state index contributed by atoms with van der Waals surface area (Å²) in [6, 6.07) is 36.7. The Morgan fingerprint density at radius 3 is 1.70 bits per heavy atom. The molecular formula is C48H52BrNO4. The molecule has 280 valence electrons. The average Bonchev–Trinajstić information content (AvgIpc) is 3.59. The first kappa shape index (κ1) is 38.2. The number of carbonyl (C=O) groups is 1. The van der Waals surface area contributed by atoms with Gasteiger partial charge in [-0.1, -0.05) is 96.0 Å². The van der Waals surface area contributed by atoms with E-state index >= 15 is 0 Å². The summed E-state index contributed by atoms with van der Waals surface area (Å²) in [5.41, 5.74) is 16.5. The highest BCUT2D eigenvalue weighted by Crippen LogP contribution is 2.56. The number of carboxylic acid groups (broad SMARTS) is 1. The molecule has 0 heterocycles. The molecular weight excluding hydrogens is 734 g/mol. The second-order valence-corrected chi connectivity index (χ2v) is 16.3. The summed E-state index contributed by atoms with van der Waals surface area (Å²) in [6.07, 6.45) is 6.71. The number of methoxy groups -OCH3 is 2. The maximum Gasteiger partial charge on any atom is 0.303 e. The van der Waals surface area contributed by atoms with Crippen LogP contribution in [0.1, 0.15) is 79.7 Å². The molecule has 5 aromatic rings. The number of hydrogen-bond donors (Lipinski definition) is 2. The monoisotopic (exact) mass is 785 g/mol. The van der Waals surface area contributed by atoms with Crippen molar-refractivity contribution in [2.24, 2.45) is 0 Å². The Morgan fingerprint density at radius 1 is 0.648 bits per heavy atom. The van der Waals surface area contributed by atoms with E-state index < -0.39 is 5.97 Å². The smallest absolute Gasteiger partial charge is 0.303 e. The summed E-state index contributed by atoms with van der Waals surface area (Å²) in [7, 11) is 5.62. The van der Waals surface area contributed by atoms with Crippen LogP contribution in [0.15, 0.2) is 102 Å². The number of halogens is 1. The van der Waals surface area contributed by atoms with Crippen LogP contribution in [0, 0.1) is 0 Å². The van der Waals surface area contributed by atoms with Gasteiger partial charge in [0.25, 0.3) is 0 Å². The quantitative estimate of drug-likeness (QED) is 0.0919. The van der Waals surface area contributed by atoms with Crippen LogP contribution in [0.3, 0.4) is 0 Å². The summed E-state index contributed by atoms with van der Waals surface area (Å²) in [5, 5.41) is 12.4. The molecule has 0 saturated heterocycles. The number of nitrogens with one attached hydrogen (secondary N) is 1. The second kappa shape index (κ2) is 16.3. The van der Waals surface area contributed by atoms with Crippen LogP contribution >= 0.6 is 15.9 Å². The van der Waals surface area contributed by atoms with Gasteiger partial charge in [0, 0.05) is 49.2 Å². The minimum atomic E-state index is -0.739. The summed E-state index contributed by atoms with van der Waals surface area (Å²) >= 11 is 3.78. The number of aryl methyl sites for hydroxylation is 1. The highest BCUT2D eigenvalue weighted by molar-refractivity contribution is 9.10. The van der Waals surface area contributed by atoms with Gasteiger partial charge in [0.2, 0.25) is 0 Å². The number of rotatable bonds is 17. The summed E-state index contributed by atoms with van der Waals surface area (Å²) in [5.74, 6) is -0.739.